The van der Waals surface area contributed by atoms with Crippen LogP contribution in [0.4, 0.5) is 13.2 Å². The number of aromatic amines is 1. The molecule has 0 aliphatic rings. The SMILES string of the molecule is O=c1[nH]c2ccccc2nc1/C=C(\O)c1cccc(C(F)(F)F)c1. The quantitative estimate of drug-likeness (QED) is 0.697. The Bertz CT molecular complexity index is 991. The van der Waals surface area contributed by atoms with Gasteiger partial charge in [-0.25, -0.2) is 4.98 Å². The predicted molar refractivity (Wildman–Crippen MR) is 84.3 cm³/mol. The first kappa shape index (κ1) is 15.8. The molecule has 0 spiro atoms. The van der Waals surface area contributed by atoms with Gasteiger partial charge in [-0.3, -0.25) is 4.79 Å². The molecule has 1 heterocycles. The van der Waals surface area contributed by atoms with E-state index in [0.717, 1.165) is 18.2 Å². The third-order valence-electron chi connectivity index (χ3n) is 3.38. The maximum absolute atomic E-state index is 12.7. The average Bonchev–Trinajstić information content (AvgIpc) is 2.55. The van der Waals surface area contributed by atoms with Gasteiger partial charge in [0.15, 0.2) is 0 Å². The number of aromatic nitrogens is 2. The van der Waals surface area contributed by atoms with Crippen LogP contribution in [0.3, 0.4) is 0 Å². The van der Waals surface area contributed by atoms with Crippen molar-refractivity contribution in [2.24, 2.45) is 0 Å². The van der Waals surface area contributed by atoms with Crippen LogP contribution in [0.25, 0.3) is 22.9 Å². The highest BCUT2D eigenvalue weighted by atomic mass is 19.4. The van der Waals surface area contributed by atoms with Gasteiger partial charge in [0.1, 0.15) is 11.5 Å². The van der Waals surface area contributed by atoms with Crippen LogP contribution >= 0.6 is 0 Å². The Kier molecular flexibility index (Phi) is 3.84. The van der Waals surface area contributed by atoms with Crippen molar-refractivity contribution in [2.45, 2.75) is 6.18 Å². The number of nitrogens with one attached hydrogen (secondary N) is 1. The van der Waals surface area contributed by atoms with Crippen LogP contribution in [0.5, 0.6) is 0 Å². The summed E-state index contributed by atoms with van der Waals surface area (Å²) in [4.78, 5) is 18.7. The highest BCUT2D eigenvalue weighted by Gasteiger charge is 2.30. The monoisotopic (exact) mass is 332 g/mol. The predicted octanol–water partition coefficient (Wildman–Crippen LogP) is 4.00. The summed E-state index contributed by atoms with van der Waals surface area (Å²) in [5.41, 5.74) is -0.561. The second-order valence-corrected chi connectivity index (χ2v) is 5.08. The number of halogens is 3. The number of para-hydroxylation sites is 2. The molecule has 0 fully saturated rings. The largest absolute Gasteiger partial charge is 0.507 e. The lowest BCUT2D eigenvalue weighted by molar-refractivity contribution is -0.137. The highest BCUT2D eigenvalue weighted by molar-refractivity contribution is 5.79. The summed E-state index contributed by atoms with van der Waals surface area (Å²) in [6.45, 7) is 0. The Morgan fingerprint density at radius 3 is 2.62 bits per heavy atom. The number of rotatable bonds is 2. The van der Waals surface area contributed by atoms with Gasteiger partial charge in [0, 0.05) is 11.6 Å². The molecule has 1 aromatic heterocycles. The molecule has 0 bridgehead atoms. The molecule has 0 radical (unpaired) electrons. The van der Waals surface area contributed by atoms with Gasteiger partial charge in [-0.1, -0.05) is 24.3 Å². The van der Waals surface area contributed by atoms with Crippen LogP contribution < -0.4 is 5.56 Å². The van der Waals surface area contributed by atoms with Crippen molar-refractivity contribution < 1.29 is 18.3 Å². The number of hydrogen-bond donors (Lipinski definition) is 2. The fourth-order valence-corrected chi connectivity index (χ4v) is 2.21. The van der Waals surface area contributed by atoms with Crippen molar-refractivity contribution in [2.75, 3.05) is 0 Å². The first-order valence-corrected chi connectivity index (χ1v) is 6.92. The van der Waals surface area contributed by atoms with E-state index in [-0.39, 0.29) is 11.3 Å². The molecule has 0 aliphatic heterocycles. The van der Waals surface area contributed by atoms with Gasteiger partial charge in [-0.05, 0) is 24.3 Å². The molecule has 3 rings (SSSR count). The summed E-state index contributed by atoms with van der Waals surface area (Å²) in [5.74, 6) is -0.477. The fourth-order valence-electron chi connectivity index (χ4n) is 2.21. The smallest absolute Gasteiger partial charge is 0.416 e. The van der Waals surface area contributed by atoms with E-state index in [1.807, 2.05) is 0 Å². The van der Waals surface area contributed by atoms with Crippen LogP contribution in [-0.2, 0) is 6.18 Å². The summed E-state index contributed by atoms with van der Waals surface area (Å²) in [5, 5.41) is 10.1. The standard InChI is InChI=1S/C17H11F3N2O2/c18-17(19,20)11-5-3-4-10(8-11)15(23)9-14-16(24)22-13-7-2-1-6-12(13)21-14/h1-9,23H,(H,22,24)/b15-9-. The number of aliphatic hydroxyl groups is 1. The van der Waals surface area contributed by atoms with Gasteiger partial charge in [0.2, 0.25) is 0 Å². The van der Waals surface area contributed by atoms with E-state index < -0.39 is 23.1 Å². The summed E-state index contributed by atoms with van der Waals surface area (Å²) in [7, 11) is 0. The van der Waals surface area contributed by atoms with E-state index in [1.165, 1.54) is 12.1 Å². The molecule has 0 amide bonds. The molecule has 3 aromatic rings. The number of aliphatic hydroxyl groups excluding tert-OH is 1. The molecule has 0 unspecified atom stereocenters. The number of alkyl halides is 3. The van der Waals surface area contributed by atoms with E-state index in [9.17, 15) is 23.1 Å². The fraction of sp³-hybridized carbons (Fsp3) is 0.0588. The molecular weight excluding hydrogens is 321 g/mol. The van der Waals surface area contributed by atoms with Crippen molar-refractivity contribution >= 4 is 22.9 Å². The third kappa shape index (κ3) is 3.15. The highest BCUT2D eigenvalue weighted by Crippen LogP contribution is 2.30. The molecule has 2 N–H and O–H groups in total. The first-order chi connectivity index (χ1) is 11.3. The normalized spacial score (nSPS) is 12.5. The Balaban J connectivity index is 2.05. The van der Waals surface area contributed by atoms with Crippen molar-refractivity contribution in [1.82, 2.24) is 9.97 Å². The Labute approximate surface area is 133 Å². The van der Waals surface area contributed by atoms with Crippen LogP contribution in [0.2, 0.25) is 0 Å². The number of hydrogen-bond acceptors (Lipinski definition) is 3. The molecule has 0 saturated carbocycles. The van der Waals surface area contributed by atoms with Crippen molar-refractivity contribution in [3.63, 3.8) is 0 Å². The van der Waals surface area contributed by atoms with Crippen LogP contribution in [0.1, 0.15) is 16.8 Å². The first-order valence-electron chi connectivity index (χ1n) is 6.92. The van der Waals surface area contributed by atoms with Gasteiger partial charge in [0.05, 0.1) is 16.6 Å². The molecule has 2 aromatic carbocycles. The van der Waals surface area contributed by atoms with E-state index in [0.29, 0.717) is 11.0 Å². The zero-order valence-corrected chi connectivity index (χ0v) is 12.1. The second kappa shape index (κ2) is 5.84. The third-order valence-corrected chi connectivity index (χ3v) is 3.38. The van der Waals surface area contributed by atoms with E-state index in [2.05, 4.69) is 9.97 Å². The van der Waals surface area contributed by atoms with E-state index >= 15 is 0 Å². The van der Waals surface area contributed by atoms with Crippen LogP contribution in [0.15, 0.2) is 53.3 Å². The minimum Gasteiger partial charge on any atom is -0.507 e. The molecule has 0 saturated heterocycles. The van der Waals surface area contributed by atoms with Gasteiger partial charge in [-0.2, -0.15) is 13.2 Å². The summed E-state index contributed by atoms with van der Waals surface area (Å²) in [6, 6.07) is 11.0. The molecule has 24 heavy (non-hydrogen) atoms. The maximum Gasteiger partial charge on any atom is 0.416 e. The van der Waals surface area contributed by atoms with Crippen molar-refractivity contribution in [3.8, 4) is 0 Å². The number of fused-ring (bicyclic) bond motifs is 1. The van der Waals surface area contributed by atoms with Gasteiger partial charge < -0.3 is 10.1 Å². The minimum absolute atomic E-state index is 0.0563. The van der Waals surface area contributed by atoms with Gasteiger partial charge in [0.25, 0.3) is 5.56 Å². The van der Waals surface area contributed by atoms with Crippen LogP contribution in [-0.4, -0.2) is 15.1 Å². The summed E-state index contributed by atoms with van der Waals surface area (Å²) in [6.07, 6.45) is -3.48. The van der Waals surface area contributed by atoms with Gasteiger partial charge in [-0.15, -0.1) is 0 Å². The Hall–Kier alpha value is -3.09. The molecule has 7 heteroatoms. The van der Waals surface area contributed by atoms with Crippen molar-refractivity contribution in [3.05, 3.63) is 75.7 Å². The maximum atomic E-state index is 12.7. The lowest BCUT2D eigenvalue weighted by atomic mass is 10.1. The lowest BCUT2D eigenvalue weighted by Gasteiger charge is -2.08. The minimum atomic E-state index is -4.52. The zero-order valence-electron chi connectivity index (χ0n) is 12.1. The summed E-state index contributed by atoms with van der Waals surface area (Å²) < 4.78 is 38.2. The summed E-state index contributed by atoms with van der Waals surface area (Å²) >= 11 is 0. The average molecular weight is 332 g/mol. The molecular formula is C17H11F3N2O2. The number of H-pyrrole nitrogens is 1. The Morgan fingerprint density at radius 1 is 1.12 bits per heavy atom. The lowest BCUT2D eigenvalue weighted by Crippen LogP contribution is -2.12. The Morgan fingerprint density at radius 2 is 1.88 bits per heavy atom. The zero-order chi connectivity index (χ0) is 17.3. The molecule has 0 aliphatic carbocycles. The number of nitrogens with zero attached hydrogens (tertiary/aromatic N) is 1. The molecule has 4 nitrogen and oxygen atoms in total. The topological polar surface area (TPSA) is 66.0 Å². The van der Waals surface area contributed by atoms with Crippen molar-refractivity contribution in [1.29, 1.82) is 0 Å². The second-order valence-electron chi connectivity index (χ2n) is 5.08. The number of benzene rings is 2. The molecule has 0 atom stereocenters. The van der Waals surface area contributed by atoms with Crippen LogP contribution in [0, 0.1) is 0 Å². The van der Waals surface area contributed by atoms with Gasteiger partial charge >= 0.3 is 6.18 Å². The molecule has 122 valence electrons. The van der Waals surface area contributed by atoms with E-state index in [1.54, 1.807) is 24.3 Å². The van der Waals surface area contributed by atoms with E-state index in [4.69, 9.17) is 0 Å².